The highest BCUT2D eigenvalue weighted by Crippen LogP contribution is 2.07. The SMILES string of the molecule is Cn1c(N)c(C(=O)COC(=O)/C=C/c2cccc(F)c2)c(=O)n(C)c1=O. The first kappa shape index (κ1) is 18.8. The predicted molar refractivity (Wildman–Crippen MR) is 92.1 cm³/mol. The number of benzene rings is 1. The lowest BCUT2D eigenvalue weighted by Gasteiger charge is -2.10. The molecule has 8 nitrogen and oxygen atoms in total. The molecule has 0 saturated carbocycles. The summed E-state index contributed by atoms with van der Waals surface area (Å²) in [7, 11) is 2.51. The number of nitrogens with zero attached hydrogens (tertiary/aromatic N) is 2. The van der Waals surface area contributed by atoms with Crippen LogP contribution in [0.4, 0.5) is 10.2 Å². The summed E-state index contributed by atoms with van der Waals surface area (Å²) in [6, 6.07) is 5.52. The van der Waals surface area contributed by atoms with Crippen LogP contribution in [0.5, 0.6) is 0 Å². The van der Waals surface area contributed by atoms with Gasteiger partial charge in [0.1, 0.15) is 17.2 Å². The summed E-state index contributed by atoms with van der Waals surface area (Å²) in [5, 5.41) is 0. The topological polar surface area (TPSA) is 113 Å². The van der Waals surface area contributed by atoms with Crippen molar-refractivity contribution in [2.75, 3.05) is 12.3 Å². The number of Topliss-reactive ketones (excluding diaryl/α,β-unsaturated/α-hetero) is 1. The van der Waals surface area contributed by atoms with Crippen LogP contribution in [0.15, 0.2) is 39.9 Å². The second-order valence-corrected chi connectivity index (χ2v) is 5.39. The summed E-state index contributed by atoms with van der Waals surface area (Å²) in [5.41, 5.74) is 4.09. The molecular weight excluding hydrogens is 345 g/mol. The smallest absolute Gasteiger partial charge is 0.332 e. The number of aromatic nitrogens is 2. The number of anilines is 1. The molecule has 136 valence electrons. The van der Waals surface area contributed by atoms with Crippen LogP contribution in [0, 0.1) is 5.82 Å². The van der Waals surface area contributed by atoms with Crippen molar-refractivity contribution in [3.05, 3.63) is 68.1 Å². The molecule has 0 fully saturated rings. The molecule has 2 rings (SSSR count). The average molecular weight is 361 g/mol. The van der Waals surface area contributed by atoms with Gasteiger partial charge < -0.3 is 10.5 Å². The molecule has 9 heteroatoms. The van der Waals surface area contributed by atoms with Crippen molar-refractivity contribution in [1.29, 1.82) is 0 Å². The van der Waals surface area contributed by atoms with Gasteiger partial charge >= 0.3 is 11.7 Å². The van der Waals surface area contributed by atoms with Gasteiger partial charge in [-0.2, -0.15) is 0 Å². The van der Waals surface area contributed by atoms with E-state index < -0.39 is 41.0 Å². The number of hydrogen-bond acceptors (Lipinski definition) is 6. The van der Waals surface area contributed by atoms with Gasteiger partial charge in [0.15, 0.2) is 6.61 Å². The normalized spacial score (nSPS) is 10.9. The molecule has 1 aromatic carbocycles. The average Bonchev–Trinajstić information content (AvgIpc) is 2.61. The van der Waals surface area contributed by atoms with Crippen LogP contribution in [-0.2, 0) is 23.6 Å². The summed E-state index contributed by atoms with van der Waals surface area (Å²) < 4.78 is 19.5. The van der Waals surface area contributed by atoms with Gasteiger partial charge in [-0.25, -0.2) is 14.0 Å². The van der Waals surface area contributed by atoms with E-state index in [0.29, 0.717) is 5.56 Å². The maximum atomic E-state index is 13.0. The molecule has 1 heterocycles. The lowest BCUT2D eigenvalue weighted by Crippen LogP contribution is -2.42. The summed E-state index contributed by atoms with van der Waals surface area (Å²) in [5.74, 6) is -2.47. The number of ketones is 1. The molecule has 2 aromatic rings. The van der Waals surface area contributed by atoms with Gasteiger partial charge in [0, 0.05) is 20.2 Å². The summed E-state index contributed by atoms with van der Waals surface area (Å²) in [6.45, 7) is -0.732. The zero-order valence-corrected chi connectivity index (χ0v) is 14.1. The van der Waals surface area contributed by atoms with E-state index in [1.54, 1.807) is 6.07 Å². The highest BCUT2D eigenvalue weighted by molar-refractivity contribution is 6.01. The molecule has 0 saturated heterocycles. The molecule has 0 aliphatic carbocycles. The Kier molecular flexibility index (Phi) is 5.51. The number of rotatable bonds is 5. The molecule has 0 aliphatic rings. The fourth-order valence-corrected chi connectivity index (χ4v) is 2.15. The summed E-state index contributed by atoms with van der Waals surface area (Å²) >= 11 is 0. The van der Waals surface area contributed by atoms with Crippen molar-refractivity contribution in [2.24, 2.45) is 14.1 Å². The molecule has 2 N–H and O–H groups in total. The van der Waals surface area contributed by atoms with Crippen molar-refractivity contribution in [2.45, 2.75) is 0 Å². The molecule has 0 spiro atoms. The van der Waals surface area contributed by atoms with Crippen molar-refractivity contribution in [1.82, 2.24) is 9.13 Å². The van der Waals surface area contributed by atoms with Gasteiger partial charge in [-0.1, -0.05) is 12.1 Å². The third-order valence-electron chi connectivity index (χ3n) is 3.59. The van der Waals surface area contributed by atoms with Crippen molar-refractivity contribution in [3.63, 3.8) is 0 Å². The lowest BCUT2D eigenvalue weighted by atomic mass is 10.2. The molecule has 0 bridgehead atoms. The Balaban J connectivity index is 2.11. The van der Waals surface area contributed by atoms with Crippen LogP contribution in [0.2, 0.25) is 0 Å². The van der Waals surface area contributed by atoms with Crippen LogP contribution in [-0.4, -0.2) is 27.5 Å². The molecule has 0 unspecified atom stereocenters. The van der Waals surface area contributed by atoms with Crippen LogP contribution in [0.3, 0.4) is 0 Å². The van der Waals surface area contributed by atoms with E-state index in [-0.39, 0.29) is 5.82 Å². The fourth-order valence-electron chi connectivity index (χ4n) is 2.15. The van der Waals surface area contributed by atoms with Gasteiger partial charge in [-0.05, 0) is 23.8 Å². The zero-order valence-electron chi connectivity index (χ0n) is 14.1. The van der Waals surface area contributed by atoms with Crippen LogP contribution < -0.4 is 17.0 Å². The van der Waals surface area contributed by atoms with Gasteiger partial charge in [-0.3, -0.25) is 18.7 Å². The maximum Gasteiger partial charge on any atom is 0.332 e. The Labute approximate surface area is 146 Å². The third-order valence-corrected chi connectivity index (χ3v) is 3.59. The Hall–Kier alpha value is -3.49. The van der Waals surface area contributed by atoms with E-state index in [9.17, 15) is 23.6 Å². The van der Waals surface area contributed by atoms with E-state index in [4.69, 9.17) is 10.5 Å². The Morgan fingerprint density at radius 2 is 1.92 bits per heavy atom. The number of nitrogens with two attached hydrogens (primary N) is 1. The molecule has 0 radical (unpaired) electrons. The van der Waals surface area contributed by atoms with Crippen LogP contribution >= 0.6 is 0 Å². The second-order valence-electron chi connectivity index (χ2n) is 5.39. The monoisotopic (exact) mass is 361 g/mol. The Morgan fingerprint density at radius 1 is 1.23 bits per heavy atom. The summed E-state index contributed by atoms with van der Waals surface area (Å²) in [4.78, 5) is 47.6. The molecule has 0 aliphatic heterocycles. The van der Waals surface area contributed by atoms with E-state index >= 15 is 0 Å². The van der Waals surface area contributed by atoms with Gasteiger partial charge in [-0.15, -0.1) is 0 Å². The third kappa shape index (κ3) is 3.94. The standard InChI is InChI=1S/C17H16FN3O5/c1-20-15(19)14(16(24)21(2)17(20)25)12(22)9-26-13(23)7-6-10-4-3-5-11(18)8-10/h3-8H,9,19H2,1-2H3/b7-6+. The Bertz CT molecular complexity index is 1020. The van der Waals surface area contributed by atoms with E-state index in [2.05, 4.69) is 0 Å². The zero-order chi connectivity index (χ0) is 19.4. The number of halogens is 1. The van der Waals surface area contributed by atoms with Gasteiger partial charge in [0.2, 0.25) is 5.78 Å². The second kappa shape index (κ2) is 7.60. The first-order valence-corrected chi connectivity index (χ1v) is 7.41. The van der Waals surface area contributed by atoms with E-state index in [1.807, 2.05) is 0 Å². The largest absolute Gasteiger partial charge is 0.454 e. The van der Waals surface area contributed by atoms with Crippen LogP contribution in [0.1, 0.15) is 15.9 Å². The number of hydrogen-bond donors (Lipinski definition) is 1. The number of esters is 1. The highest BCUT2D eigenvalue weighted by atomic mass is 19.1. The molecule has 26 heavy (non-hydrogen) atoms. The number of ether oxygens (including phenoxy) is 1. The van der Waals surface area contributed by atoms with Gasteiger partial charge in [0.25, 0.3) is 5.56 Å². The molecular formula is C17H16FN3O5. The predicted octanol–water partition coefficient (Wildman–Crippen LogP) is 0.245. The van der Waals surface area contributed by atoms with Crippen LogP contribution in [0.25, 0.3) is 6.08 Å². The van der Waals surface area contributed by atoms with E-state index in [0.717, 1.165) is 15.2 Å². The Morgan fingerprint density at radius 3 is 2.58 bits per heavy atom. The number of carbonyl (C=O) groups is 2. The lowest BCUT2D eigenvalue weighted by molar-refractivity contribution is -0.136. The maximum absolute atomic E-state index is 13.0. The van der Waals surface area contributed by atoms with Crippen molar-refractivity contribution < 1.29 is 18.7 Å². The van der Waals surface area contributed by atoms with Crippen molar-refractivity contribution in [3.8, 4) is 0 Å². The minimum atomic E-state index is -0.873. The minimum Gasteiger partial charge on any atom is -0.454 e. The highest BCUT2D eigenvalue weighted by Gasteiger charge is 2.21. The summed E-state index contributed by atoms with van der Waals surface area (Å²) in [6.07, 6.45) is 2.33. The fraction of sp³-hybridized carbons (Fsp3) is 0.176. The molecule has 1 aromatic heterocycles. The quantitative estimate of drug-likeness (QED) is 0.464. The van der Waals surface area contributed by atoms with E-state index in [1.165, 1.54) is 38.4 Å². The number of nitrogen functional groups attached to an aromatic ring is 1. The first-order valence-electron chi connectivity index (χ1n) is 7.41. The van der Waals surface area contributed by atoms with Crippen molar-refractivity contribution >= 4 is 23.6 Å². The van der Waals surface area contributed by atoms with Gasteiger partial charge in [0.05, 0.1) is 0 Å². The minimum absolute atomic E-state index is 0.311. The first-order chi connectivity index (χ1) is 12.2. The number of carbonyl (C=O) groups excluding carboxylic acids is 2. The molecule has 0 amide bonds. The molecule has 0 atom stereocenters.